The van der Waals surface area contributed by atoms with Gasteiger partial charge in [-0.25, -0.2) is 4.79 Å². The van der Waals surface area contributed by atoms with Gasteiger partial charge < -0.3 is 15.3 Å². The highest BCUT2D eigenvalue weighted by atomic mass is 19.4. The summed E-state index contributed by atoms with van der Waals surface area (Å²) in [6, 6.07) is 2.37. The van der Waals surface area contributed by atoms with Crippen LogP contribution in [-0.2, 0) is 11.0 Å². The molecule has 0 aromatic heterocycles. The molecule has 3 N–H and O–H groups in total. The van der Waals surface area contributed by atoms with Crippen molar-refractivity contribution in [2.75, 3.05) is 0 Å². The number of carbonyl (C=O) groups is 1. The number of carboxylic acid groups (broad SMARTS) is 1. The van der Waals surface area contributed by atoms with Crippen LogP contribution in [0.15, 0.2) is 18.2 Å². The standard InChI is InChI=1S/C9H7F3O4/c10-9(11,12)4-2-1-3-5(13)6(4)7(14)8(15)16/h1-3,7,13-14H,(H,15,16). The van der Waals surface area contributed by atoms with E-state index in [1.165, 1.54) is 0 Å². The van der Waals surface area contributed by atoms with Gasteiger partial charge in [-0.2, -0.15) is 13.2 Å². The van der Waals surface area contributed by atoms with Gasteiger partial charge in [-0.05, 0) is 12.1 Å². The summed E-state index contributed by atoms with van der Waals surface area (Å²) < 4.78 is 37.3. The van der Waals surface area contributed by atoms with Crippen LogP contribution < -0.4 is 0 Å². The van der Waals surface area contributed by atoms with Crippen LogP contribution in [0.1, 0.15) is 17.2 Å². The van der Waals surface area contributed by atoms with E-state index in [0.717, 1.165) is 12.1 Å². The zero-order valence-electron chi connectivity index (χ0n) is 7.69. The second kappa shape index (κ2) is 4.01. The first-order valence-electron chi connectivity index (χ1n) is 4.05. The highest BCUT2D eigenvalue weighted by Gasteiger charge is 2.38. The van der Waals surface area contributed by atoms with E-state index in [0.29, 0.717) is 6.07 Å². The molecule has 0 aliphatic rings. The molecular weight excluding hydrogens is 229 g/mol. The van der Waals surface area contributed by atoms with Gasteiger partial charge in [-0.1, -0.05) is 6.07 Å². The van der Waals surface area contributed by atoms with E-state index < -0.39 is 35.1 Å². The zero-order valence-corrected chi connectivity index (χ0v) is 7.69. The lowest BCUT2D eigenvalue weighted by Gasteiger charge is -2.15. The molecule has 4 nitrogen and oxygen atoms in total. The maximum atomic E-state index is 12.4. The molecule has 7 heteroatoms. The fourth-order valence-electron chi connectivity index (χ4n) is 1.21. The number of hydrogen-bond acceptors (Lipinski definition) is 3. The third-order valence-corrected chi connectivity index (χ3v) is 1.90. The van der Waals surface area contributed by atoms with Crippen molar-refractivity contribution in [1.29, 1.82) is 0 Å². The molecular formula is C9H7F3O4. The highest BCUT2D eigenvalue weighted by Crippen LogP contribution is 2.38. The lowest BCUT2D eigenvalue weighted by atomic mass is 10.0. The summed E-state index contributed by atoms with van der Waals surface area (Å²) in [5, 5.41) is 26.6. The smallest absolute Gasteiger partial charge is 0.416 e. The number of halogens is 3. The topological polar surface area (TPSA) is 77.8 Å². The number of hydrogen-bond donors (Lipinski definition) is 3. The summed E-state index contributed by atoms with van der Waals surface area (Å²) in [6.07, 6.45) is -7.26. The van der Waals surface area contributed by atoms with Gasteiger partial charge in [-0.15, -0.1) is 0 Å². The first kappa shape index (κ1) is 12.3. The average Bonchev–Trinajstić information content (AvgIpc) is 2.14. The van der Waals surface area contributed by atoms with Crippen LogP contribution in [0.4, 0.5) is 13.2 Å². The Morgan fingerprint density at radius 1 is 1.31 bits per heavy atom. The van der Waals surface area contributed by atoms with Crippen LogP contribution in [-0.4, -0.2) is 21.3 Å². The Hall–Kier alpha value is -1.76. The van der Waals surface area contributed by atoms with Crippen molar-refractivity contribution in [2.24, 2.45) is 0 Å². The molecule has 1 aromatic carbocycles. The maximum absolute atomic E-state index is 12.4. The molecule has 1 rings (SSSR count). The minimum absolute atomic E-state index is 0.585. The summed E-state index contributed by atoms with van der Waals surface area (Å²) in [7, 11) is 0. The summed E-state index contributed by atoms with van der Waals surface area (Å²) in [5.41, 5.74) is -2.43. The molecule has 0 fully saturated rings. The minimum Gasteiger partial charge on any atom is -0.508 e. The zero-order chi connectivity index (χ0) is 12.5. The van der Waals surface area contributed by atoms with Crippen LogP contribution >= 0.6 is 0 Å². The van der Waals surface area contributed by atoms with E-state index in [4.69, 9.17) is 15.3 Å². The van der Waals surface area contributed by atoms with Crippen molar-refractivity contribution in [1.82, 2.24) is 0 Å². The van der Waals surface area contributed by atoms with Crippen molar-refractivity contribution in [3.8, 4) is 5.75 Å². The van der Waals surface area contributed by atoms with Crippen LogP contribution in [0.3, 0.4) is 0 Å². The van der Waals surface area contributed by atoms with E-state index in [2.05, 4.69) is 0 Å². The predicted octanol–water partition coefficient (Wildman–Crippen LogP) is 1.53. The van der Waals surface area contributed by atoms with Crippen LogP contribution in [0.2, 0.25) is 0 Å². The number of rotatable bonds is 2. The summed E-state index contributed by atoms with van der Waals surface area (Å²) in [6.45, 7) is 0. The molecule has 1 unspecified atom stereocenters. The number of phenols is 1. The van der Waals surface area contributed by atoms with Crippen molar-refractivity contribution in [3.05, 3.63) is 29.3 Å². The molecule has 0 aliphatic carbocycles. The number of aliphatic hydroxyl groups is 1. The van der Waals surface area contributed by atoms with Crippen LogP contribution in [0, 0.1) is 0 Å². The van der Waals surface area contributed by atoms with E-state index in [1.54, 1.807) is 0 Å². The predicted molar refractivity (Wildman–Crippen MR) is 45.7 cm³/mol. The molecule has 88 valence electrons. The van der Waals surface area contributed by atoms with E-state index in [9.17, 15) is 18.0 Å². The van der Waals surface area contributed by atoms with Crippen molar-refractivity contribution in [3.63, 3.8) is 0 Å². The molecule has 0 spiro atoms. The van der Waals surface area contributed by atoms with Crippen molar-refractivity contribution < 1.29 is 33.3 Å². The maximum Gasteiger partial charge on any atom is 0.416 e. The number of carboxylic acids is 1. The molecule has 0 saturated heterocycles. The number of alkyl halides is 3. The average molecular weight is 236 g/mol. The second-order valence-electron chi connectivity index (χ2n) is 2.98. The van der Waals surface area contributed by atoms with Crippen molar-refractivity contribution in [2.45, 2.75) is 12.3 Å². The lowest BCUT2D eigenvalue weighted by molar-refractivity contribution is -0.149. The number of aromatic hydroxyl groups is 1. The summed E-state index contributed by atoms with van der Waals surface area (Å²) in [5.74, 6) is -2.78. The van der Waals surface area contributed by atoms with Crippen LogP contribution in [0.5, 0.6) is 5.75 Å². The molecule has 0 aliphatic heterocycles. The Bertz CT molecular complexity index is 414. The molecule has 0 heterocycles. The Morgan fingerprint density at radius 2 is 1.88 bits per heavy atom. The Balaban J connectivity index is 3.41. The van der Waals surface area contributed by atoms with Gasteiger partial charge in [0.2, 0.25) is 0 Å². The first-order chi connectivity index (χ1) is 7.25. The molecule has 1 atom stereocenters. The molecule has 1 aromatic rings. The van der Waals surface area contributed by atoms with Crippen molar-refractivity contribution >= 4 is 5.97 Å². The van der Waals surface area contributed by atoms with Gasteiger partial charge >= 0.3 is 12.1 Å². The molecule has 0 radical (unpaired) electrons. The lowest BCUT2D eigenvalue weighted by Crippen LogP contribution is -2.17. The molecule has 0 bridgehead atoms. The van der Waals surface area contributed by atoms with Gasteiger partial charge in [0.05, 0.1) is 5.56 Å². The van der Waals surface area contributed by atoms with E-state index in [1.807, 2.05) is 0 Å². The Morgan fingerprint density at radius 3 is 2.31 bits per heavy atom. The highest BCUT2D eigenvalue weighted by molar-refractivity contribution is 5.76. The van der Waals surface area contributed by atoms with Crippen LogP contribution in [0.25, 0.3) is 0 Å². The fraction of sp³-hybridized carbons (Fsp3) is 0.222. The summed E-state index contributed by atoms with van der Waals surface area (Å²) in [4.78, 5) is 10.4. The third kappa shape index (κ3) is 2.25. The second-order valence-corrected chi connectivity index (χ2v) is 2.98. The molecule has 16 heavy (non-hydrogen) atoms. The number of aliphatic carboxylic acids is 1. The van der Waals surface area contributed by atoms with Gasteiger partial charge in [-0.3, -0.25) is 0 Å². The molecule has 0 saturated carbocycles. The monoisotopic (exact) mass is 236 g/mol. The number of aliphatic hydroxyl groups excluding tert-OH is 1. The van der Waals surface area contributed by atoms with E-state index >= 15 is 0 Å². The number of phenolic OH excluding ortho intramolecular Hbond substituents is 1. The fourth-order valence-corrected chi connectivity index (χ4v) is 1.21. The van der Waals surface area contributed by atoms with Gasteiger partial charge in [0.25, 0.3) is 0 Å². The van der Waals surface area contributed by atoms with Gasteiger partial charge in [0.15, 0.2) is 6.10 Å². The Labute approximate surface area is 87.6 Å². The third-order valence-electron chi connectivity index (χ3n) is 1.90. The Kier molecular flexibility index (Phi) is 3.09. The van der Waals surface area contributed by atoms with Gasteiger partial charge in [0.1, 0.15) is 5.75 Å². The largest absolute Gasteiger partial charge is 0.508 e. The number of benzene rings is 1. The molecule has 0 amide bonds. The summed E-state index contributed by atoms with van der Waals surface area (Å²) >= 11 is 0. The quantitative estimate of drug-likeness (QED) is 0.727. The van der Waals surface area contributed by atoms with E-state index in [-0.39, 0.29) is 0 Å². The first-order valence-corrected chi connectivity index (χ1v) is 4.05. The van der Waals surface area contributed by atoms with Gasteiger partial charge in [0, 0.05) is 5.56 Å². The SMILES string of the molecule is O=C(O)C(O)c1c(O)cccc1C(F)(F)F. The minimum atomic E-state index is -4.84. The normalized spacial score (nSPS) is 13.5.